The molecule has 26 heavy (non-hydrogen) atoms. The van der Waals surface area contributed by atoms with Gasteiger partial charge in [-0.05, 0) is 75.2 Å². The SMILES string of the molecule is NC(C(=O)Nc1ccc(C2(CN3CCCC3)CC2)cc1)C1CCCCC1. The number of anilines is 1. The van der Waals surface area contributed by atoms with Crippen molar-refractivity contribution in [2.75, 3.05) is 25.0 Å². The van der Waals surface area contributed by atoms with Crippen molar-refractivity contribution < 1.29 is 4.79 Å². The fourth-order valence-electron chi connectivity index (χ4n) is 4.90. The van der Waals surface area contributed by atoms with Crippen LogP contribution in [0.3, 0.4) is 0 Å². The Bertz CT molecular complexity index is 611. The summed E-state index contributed by atoms with van der Waals surface area (Å²) in [5.41, 5.74) is 8.90. The van der Waals surface area contributed by atoms with Gasteiger partial charge in [-0.25, -0.2) is 0 Å². The molecule has 0 bridgehead atoms. The van der Waals surface area contributed by atoms with Crippen molar-refractivity contribution in [3.63, 3.8) is 0 Å². The topological polar surface area (TPSA) is 58.4 Å². The summed E-state index contributed by atoms with van der Waals surface area (Å²) in [6.07, 6.45) is 11.2. The van der Waals surface area contributed by atoms with E-state index < -0.39 is 0 Å². The maximum atomic E-state index is 12.5. The Hall–Kier alpha value is -1.39. The molecule has 1 aliphatic heterocycles. The standard InChI is InChI=1S/C22H33N3O/c23-20(17-6-2-1-3-7-17)21(26)24-19-10-8-18(9-11-19)22(12-13-22)16-25-14-4-5-15-25/h8-11,17,20H,1-7,12-16,23H2,(H,24,26). The summed E-state index contributed by atoms with van der Waals surface area (Å²) in [6, 6.07) is 8.17. The molecule has 0 radical (unpaired) electrons. The van der Waals surface area contributed by atoms with Gasteiger partial charge in [0.1, 0.15) is 0 Å². The monoisotopic (exact) mass is 355 g/mol. The van der Waals surface area contributed by atoms with Gasteiger partial charge in [0.2, 0.25) is 5.91 Å². The van der Waals surface area contributed by atoms with E-state index >= 15 is 0 Å². The first kappa shape index (κ1) is 18.0. The van der Waals surface area contributed by atoms with Gasteiger partial charge >= 0.3 is 0 Å². The van der Waals surface area contributed by atoms with Crippen molar-refractivity contribution in [2.24, 2.45) is 11.7 Å². The minimum Gasteiger partial charge on any atom is -0.325 e. The van der Waals surface area contributed by atoms with Crippen LogP contribution in [0.5, 0.6) is 0 Å². The molecule has 4 heteroatoms. The molecule has 3 N–H and O–H groups in total. The summed E-state index contributed by atoms with van der Waals surface area (Å²) in [5, 5.41) is 3.04. The number of nitrogens with one attached hydrogen (secondary N) is 1. The van der Waals surface area contributed by atoms with Gasteiger partial charge in [0.15, 0.2) is 0 Å². The zero-order chi connectivity index (χ0) is 18.0. The minimum atomic E-state index is -0.375. The quantitative estimate of drug-likeness (QED) is 0.819. The van der Waals surface area contributed by atoms with E-state index in [0.29, 0.717) is 11.3 Å². The summed E-state index contributed by atoms with van der Waals surface area (Å²) >= 11 is 0. The molecule has 2 aliphatic carbocycles. The third-order valence-electron chi connectivity index (χ3n) is 6.80. The minimum absolute atomic E-state index is 0.0251. The van der Waals surface area contributed by atoms with Crippen LogP contribution in [-0.4, -0.2) is 36.5 Å². The molecule has 1 amide bonds. The maximum Gasteiger partial charge on any atom is 0.241 e. The number of hydrogen-bond acceptors (Lipinski definition) is 3. The molecular weight excluding hydrogens is 322 g/mol. The molecule has 0 aromatic heterocycles. The average Bonchev–Trinajstić information content (AvgIpc) is 3.27. The van der Waals surface area contributed by atoms with E-state index in [1.54, 1.807) is 0 Å². The predicted molar refractivity (Wildman–Crippen MR) is 106 cm³/mol. The largest absolute Gasteiger partial charge is 0.325 e. The van der Waals surface area contributed by atoms with Crippen LogP contribution in [0, 0.1) is 5.92 Å². The number of carbonyl (C=O) groups is 1. The normalized spacial score (nSPS) is 24.3. The Balaban J connectivity index is 1.34. The summed E-state index contributed by atoms with van der Waals surface area (Å²) in [5.74, 6) is 0.320. The van der Waals surface area contributed by atoms with Gasteiger partial charge in [-0.15, -0.1) is 0 Å². The molecule has 1 saturated heterocycles. The second-order valence-electron chi connectivity index (χ2n) is 8.75. The Morgan fingerprint density at radius 3 is 2.35 bits per heavy atom. The number of likely N-dealkylation sites (tertiary alicyclic amines) is 1. The van der Waals surface area contributed by atoms with Crippen LogP contribution in [0.2, 0.25) is 0 Å². The molecule has 1 aromatic carbocycles. The van der Waals surface area contributed by atoms with Gasteiger partial charge < -0.3 is 16.0 Å². The fourth-order valence-corrected chi connectivity index (χ4v) is 4.90. The lowest BCUT2D eigenvalue weighted by Gasteiger charge is -2.26. The molecule has 0 spiro atoms. The zero-order valence-corrected chi connectivity index (χ0v) is 15.9. The number of carbonyl (C=O) groups excluding carboxylic acids is 1. The lowest BCUT2D eigenvalue weighted by molar-refractivity contribution is -0.118. The van der Waals surface area contributed by atoms with Crippen molar-refractivity contribution >= 4 is 11.6 Å². The number of amides is 1. The first-order valence-electron chi connectivity index (χ1n) is 10.6. The number of benzene rings is 1. The average molecular weight is 356 g/mol. The molecule has 3 aliphatic rings. The van der Waals surface area contributed by atoms with Crippen molar-refractivity contribution in [1.82, 2.24) is 4.90 Å². The van der Waals surface area contributed by atoms with Gasteiger partial charge in [-0.1, -0.05) is 31.4 Å². The second kappa shape index (κ2) is 7.69. The van der Waals surface area contributed by atoms with E-state index in [1.165, 1.54) is 70.1 Å². The second-order valence-corrected chi connectivity index (χ2v) is 8.75. The van der Waals surface area contributed by atoms with Crippen LogP contribution in [0.15, 0.2) is 24.3 Å². The summed E-state index contributed by atoms with van der Waals surface area (Å²) in [4.78, 5) is 15.1. The van der Waals surface area contributed by atoms with Crippen LogP contribution in [-0.2, 0) is 10.2 Å². The molecule has 2 saturated carbocycles. The fraction of sp³-hybridized carbons (Fsp3) is 0.682. The third kappa shape index (κ3) is 3.96. The van der Waals surface area contributed by atoms with Crippen LogP contribution in [0.4, 0.5) is 5.69 Å². The molecule has 1 aromatic rings. The van der Waals surface area contributed by atoms with E-state index in [1.807, 2.05) is 0 Å². The highest BCUT2D eigenvalue weighted by atomic mass is 16.2. The Labute approximate surface area is 157 Å². The van der Waals surface area contributed by atoms with Crippen molar-refractivity contribution in [2.45, 2.75) is 69.2 Å². The van der Waals surface area contributed by atoms with Gasteiger partial charge in [-0.3, -0.25) is 4.79 Å². The predicted octanol–water partition coefficient (Wildman–Crippen LogP) is 3.66. The molecular formula is C22H33N3O. The van der Waals surface area contributed by atoms with Crippen LogP contribution in [0.25, 0.3) is 0 Å². The highest BCUT2D eigenvalue weighted by Crippen LogP contribution is 2.49. The number of nitrogens with zero attached hydrogens (tertiary/aromatic N) is 1. The highest BCUT2D eigenvalue weighted by Gasteiger charge is 2.45. The van der Waals surface area contributed by atoms with E-state index in [2.05, 4.69) is 34.5 Å². The Morgan fingerprint density at radius 1 is 1.08 bits per heavy atom. The summed E-state index contributed by atoms with van der Waals surface area (Å²) in [6.45, 7) is 3.72. The zero-order valence-electron chi connectivity index (χ0n) is 15.9. The van der Waals surface area contributed by atoms with E-state index in [-0.39, 0.29) is 11.9 Å². The van der Waals surface area contributed by atoms with Crippen LogP contribution in [0.1, 0.15) is 63.4 Å². The van der Waals surface area contributed by atoms with Crippen molar-refractivity contribution in [3.8, 4) is 0 Å². The van der Waals surface area contributed by atoms with E-state index in [4.69, 9.17) is 5.73 Å². The highest BCUT2D eigenvalue weighted by molar-refractivity contribution is 5.94. The molecule has 4 nitrogen and oxygen atoms in total. The van der Waals surface area contributed by atoms with Crippen molar-refractivity contribution in [1.29, 1.82) is 0 Å². The molecule has 4 rings (SSSR count). The maximum absolute atomic E-state index is 12.5. The number of nitrogens with two attached hydrogens (primary N) is 1. The molecule has 1 unspecified atom stereocenters. The lowest BCUT2D eigenvalue weighted by Crippen LogP contribution is -2.42. The smallest absolute Gasteiger partial charge is 0.241 e. The van der Waals surface area contributed by atoms with E-state index in [9.17, 15) is 4.79 Å². The van der Waals surface area contributed by atoms with E-state index in [0.717, 1.165) is 18.5 Å². The summed E-state index contributed by atoms with van der Waals surface area (Å²) in [7, 11) is 0. The first-order chi connectivity index (χ1) is 12.7. The third-order valence-corrected chi connectivity index (χ3v) is 6.80. The molecule has 3 fully saturated rings. The van der Waals surface area contributed by atoms with Gasteiger partial charge in [0, 0.05) is 17.6 Å². The Kier molecular flexibility index (Phi) is 5.32. The molecule has 142 valence electrons. The van der Waals surface area contributed by atoms with Crippen molar-refractivity contribution in [3.05, 3.63) is 29.8 Å². The lowest BCUT2D eigenvalue weighted by atomic mass is 9.84. The van der Waals surface area contributed by atoms with Gasteiger partial charge in [0.25, 0.3) is 0 Å². The van der Waals surface area contributed by atoms with Gasteiger partial charge in [0.05, 0.1) is 6.04 Å². The Morgan fingerprint density at radius 2 is 1.73 bits per heavy atom. The molecule has 1 atom stereocenters. The van der Waals surface area contributed by atoms with Crippen LogP contribution < -0.4 is 11.1 Å². The molecule has 1 heterocycles. The summed E-state index contributed by atoms with van der Waals surface area (Å²) < 4.78 is 0. The number of hydrogen-bond donors (Lipinski definition) is 2. The first-order valence-corrected chi connectivity index (χ1v) is 10.6. The van der Waals surface area contributed by atoms with Crippen LogP contribution >= 0.6 is 0 Å². The van der Waals surface area contributed by atoms with Gasteiger partial charge in [-0.2, -0.15) is 0 Å². The number of rotatable bonds is 6.